The highest BCUT2D eigenvalue weighted by Gasteiger charge is 2.39. The lowest BCUT2D eigenvalue weighted by Gasteiger charge is -2.42. The maximum absolute atomic E-state index is 14.7. The molecule has 5 heterocycles. The van der Waals surface area contributed by atoms with Crippen LogP contribution in [0.4, 0.5) is 14.6 Å². The summed E-state index contributed by atoms with van der Waals surface area (Å²) >= 11 is 7.72. The van der Waals surface area contributed by atoms with Gasteiger partial charge in [0.05, 0.1) is 42.6 Å². The van der Waals surface area contributed by atoms with Crippen LogP contribution in [-0.2, 0) is 23.7 Å². The third-order valence-corrected chi connectivity index (χ3v) is 11.0. The first-order chi connectivity index (χ1) is 24.1. The molecule has 0 aliphatic carbocycles. The summed E-state index contributed by atoms with van der Waals surface area (Å²) in [7, 11) is 1.36. The van der Waals surface area contributed by atoms with E-state index in [9.17, 15) is 13.6 Å². The van der Waals surface area contributed by atoms with Gasteiger partial charge in [0, 0.05) is 35.8 Å². The highest BCUT2D eigenvalue weighted by Crippen LogP contribution is 2.45. The Bertz CT molecular complexity index is 1950. The lowest BCUT2D eigenvalue weighted by Crippen LogP contribution is -2.46. The number of fused-ring (bicyclic) bond motifs is 8. The molecule has 6 bridgehead atoms. The molecule has 4 aromatic rings. The Morgan fingerprint density at radius 1 is 1.08 bits per heavy atom. The van der Waals surface area contributed by atoms with Crippen LogP contribution in [-0.4, -0.2) is 72.7 Å². The van der Waals surface area contributed by atoms with Gasteiger partial charge in [-0.05, 0) is 110 Å². The van der Waals surface area contributed by atoms with Crippen LogP contribution in [0.15, 0.2) is 45.5 Å². The number of imidazole rings is 1. The van der Waals surface area contributed by atoms with E-state index >= 15 is 0 Å². The van der Waals surface area contributed by atoms with Gasteiger partial charge in [-0.1, -0.05) is 18.2 Å². The third-order valence-electron chi connectivity index (χ3n) is 9.30. The largest absolute Gasteiger partial charge is 0.488 e. The van der Waals surface area contributed by atoms with Crippen molar-refractivity contribution in [3.8, 4) is 28.1 Å². The zero-order chi connectivity index (χ0) is 36.8. The van der Waals surface area contributed by atoms with Crippen molar-refractivity contribution in [3.05, 3.63) is 68.2 Å². The van der Waals surface area contributed by atoms with E-state index in [1.807, 2.05) is 63.3 Å². The topological polar surface area (TPSA) is 83.8 Å². The number of hydrogen-bond donors (Lipinski definition) is 0. The van der Waals surface area contributed by atoms with Crippen molar-refractivity contribution in [3.63, 3.8) is 0 Å². The van der Waals surface area contributed by atoms with E-state index < -0.39 is 41.0 Å². The number of nitrogens with zero attached hydrogens (tertiary/aromatic N) is 3. The minimum Gasteiger partial charge on any atom is -0.488 e. The molecule has 1 saturated heterocycles. The maximum Gasteiger partial charge on any atom is 0.339 e. The molecule has 2 aromatic heterocycles. The van der Waals surface area contributed by atoms with E-state index in [1.165, 1.54) is 7.11 Å². The molecule has 0 spiro atoms. The molecule has 0 radical (unpaired) electrons. The molecular formula is C38H43Br2F2N3O6. The molecule has 13 heteroatoms. The average Bonchev–Trinajstić information content (AvgIpc) is 3.43. The normalized spacial score (nSPS) is 20.6. The van der Waals surface area contributed by atoms with Crippen molar-refractivity contribution < 1.29 is 37.3 Å². The number of rotatable bonds is 3. The van der Waals surface area contributed by atoms with Gasteiger partial charge in [-0.15, -0.1) is 0 Å². The summed E-state index contributed by atoms with van der Waals surface area (Å²) in [6.45, 7) is 13.8. The monoisotopic (exact) mass is 833 g/mol. The van der Waals surface area contributed by atoms with E-state index in [0.717, 1.165) is 29.1 Å². The second kappa shape index (κ2) is 14.7. The van der Waals surface area contributed by atoms with E-state index in [-0.39, 0.29) is 12.4 Å². The first kappa shape index (κ1) is 37.7. The predicted molar refractivity (Wildman–Crippen MR) is 198 cm³/mol. The Hall–Kier alpha value is -3.10. The number of aromatic nitrogens is 2. The van der Waals surface area contributed by atoms with Gasteiger partial charge in [-0.25, -0.2) is 18.6 Å². The lowest BCUT2D eigenvalue weighted by atomic mass is 9.92. The molecule has 1 fully saturated rings. The number of esters is 1. The van der Waals surface area contributed by atoms with Crippen LogP contribution >= 0.6 is 31.9 Å². The highest BCUT2D eigenvalue weighted by atomic mass is 79.9. The van der Waals surface area contributed by atoms with Crippen LogP contribution < -0.4 is 9.64 Å². The van der Waals surface area contributed by atoms with Crippen molar-refractivity contribution in [2.24, 2.45) is 0 Å². The number of pyridine rings is 1. The Labute approximate surface area is 313 Å². The second-order valence-electron chi connectivity index (χ2n) is 14.4. The standard InChI is InChI=1S/C38H43Br2F2N3O6/c1-21-20-48-15-16-49-38(6)11-13-44(14-12-38)35-29(32(36(46)47-7)51-37(3,4)5)22(2)30(39)34-43-31(33(40)45(34)35)24-10-8-9-23(17-24)25-18-26(41)27(42)19-28(25)50-21/h8-10,17-19,21,32H,11-16,20H2,1-7H3/t21-,32-/m0/s1. The van der Waals surface area contributed by atoms with Crippen molar-refractivity contribution in [2.75, 3.05) is 44.9 Å². The van der Waals surface area contributed by atoms with Crippen molar-refractivity contribution >= 4 is 49.3 Å². The number of ether oxygens (including phenoxy) is 5. The molecule has 3 aliphatic heterocycles. The van der Waals surface area contributed by atoms with E-state index in [1.54, 1.807) is 0 Å². The number of hydrogen-bond acceptors (Lipinski definition) is 8. The SMILES string of the molecule is COC(=O)[C@@H](OC(C)(C)C)c1c(C)c(Br)c2nc3c(Br)n2c1N1CCC(C)(CC1)OCCOC[C@H](C)Oc1cc(F)c(F)cc1-c1cccc-3c1. The second-order valence-corrected chi connectivity index (χ2v) is 15.9. The minimum absolute atomic E-state index is 0.192. The first-order valence-electron chi connectivity index (χ1n) is 17.0. The summed E-state index contributed by atoms with van der Waals surface area (Å²) < 4.78 is 62.9. The maximum atomic E-state index is 14.7. The minimum atomic E-state index is -1.05. The Morgan fingerprint density at radius 3 is 2.45 bits per heavy atom. The zero-order valence-corrected chi connectivity index (χ0v) is 33.0. The Balaban J connectivity index is 1.61. The van der Waals surface area contributed by atoms with Gasteiger partial charge in [-0.2, -0.15) is 0 Å². The molecule has 2 aromatic carbocycles. The molecule has 0 saturated carbocycles. The van der Waals surface area contributed by atoms with Crippen LogP contribution in [0.1, 0.15) is 64.7 Å². The molecule has 51 heavy (non-hydrogen) atoms. The van der Waals surface area contributed by atoms with Crippen molar-refractivity contribution in [2.45, 2.75) is 77.8 Å². The molecule has 7 rings (SSSR count). The number of anilines is 1. The van der Waals surface area contributed by atoms with E-state index in [2.05, 4.69) is 43.7 Å². The fourth-order valence-electron chi connectivity index (χ4n) is 6.68. The molecule has 2 atom stereocenters. The summed E-state index contributed by atoms with van der Waals surface area (Å²) in [4.78, 5) is 21.0. The zero-order valence-electron chi connectivity index (χ0n) is 29.9. The summed E-state index contributed by atoms with van der Waals surface area (Å²) in [5.41, 5.74) is 3.30. The third kappa shape index (κ3) is 7.69. The molecular weight excluding hydrogens is 792 g/mol. The number of carbonyl (C=O) groups is 1. The van der Waals surface area contributed by atoms with Crippen LogP contribution in [0.25, 0.3) is 28.0 Å². The molecule has 274 valence electrons. The quantitative estimate of drug-likeness (QED) is 0.150. The van der Waals surface area contributed by atoms with Crippen LogP contribution in [0.3, 0.4) is 0 Å². The van der Waals surface area contributed by atoms with Crippen LogP contribution in [0.2, 0.25) is 0 Å². The molecule has 0 amide bonds. The van der Waals surface area contributed by atoms with Gasteiger partial charge in [0.2, 0.25) is 0 Å². The summed E-state index contributed by atoms with van der Waals surface area (Å²) in [6.07, 6.45) is -0.0662. The Morgan fingerprint density at radius 2 is 1.76 bits per heavy atom. The molecule has 3 aliphatic rings. The Kier molecular flexibility index (Phi) is 10.9. The summed E-state index contributed by atoms with van der Waals surface area (Å²) in [5.74, 6) is -1.57. The number of methoxy groups -OCH3 is 1. The number of halogens is 4. The smallest absolute Gasteiger partial charge is 0.339 e. The van der Waals surface area contributed by atoms with Gasteiger partial charge in [0.15, 0.2) is 23.4 Å². The summed E-state index contributed by atoms with van der Waals surface area (Å²) in [5, 5.41) is 0. The van der Waals surface area contributed by atoms with Gasteiger partial charge in [0.1, 0.15) is 28.0 Å². The van der Waals surface area contributed by atoms with Gasteiger partial charge in [0.25, 0.3) is 0 Å². The predicted octanol–water partition coefficient (Wildman–Crippen LogP) is 8.98. The number of benzene rings is 2. The average molecular weight is 836 g/mol. The lowest BCUT2D eigenvalue weighted by molar-refractivity contribution is -0.164. The van der Waals surface area contributed by atoms with Gasteiger partial charge >= 0.3 is 5.97 Å². The summed E-state index contributed by atoms with van der Waals surface area (Å²) in [6, 6.07) is 9.65. The first-order valence-corrected chi connectivity index (χ1v) is 18.6. The van der Waals surface area contributed by atoms with E-state index in [0.29, 0.717) is 76.3 Å². The van der Waals surface area contributed by atoms with Crippen molar-refractivity contribution in [1.29, 1.82) is 0 Å². The van der Waals surface area contributed by atoms with Crippen LogP contribution in [0, 0.1) is 18.6 Å². The molecule has 9 nitrogen and oxygen atoms in total. The fourth-order valence-corrected chi connectivity index (χ4v) is 7.81. The fraction of sp³-hybridized carbons (Fsp3) is 0.474. The molecule has 0 N–H and O–H groups in total. The number of carbonyl (C=O) groups excluding carboxylic acids is 1. The van der Waals surface area contributed by atoms with Gasteiger partial charge in [-0.3, -0.25) is 4.40 Å². The number of piperidine rings is 1. The van der Waals surface area contributed by atoms with Gasteiger partial charge < -0.3 is 28.6 Å². The van der Waals surface area contributed by atoms with E-state index in [4.69, 9.17) is 28.7 Å². The molecule has 0 unspecified atom stereocenters. The van der Waals surface area contributed by atoms with Crippen LogP contribution in [0.5, 0.6) is 5.75 Å². The van der Waals surface area contributed by atoms with Crippen molar-refractivity contribution in [1.82, 2.24) is 9.38 Å². The highest BCUT2D eigenvalue weighted by molar-refractivity contribution is 9.11.